The quantitative estimate of drug-likeness (QED) is 0.147. The highest BCUT2D eigenvalue weighted by molar-refractivity contribution is 7.01. The number of aromatic amines is 2. The number of fused-ring (bicyclic) bond motifs is 24. The molecule has 0 atom stereocenters. The average Bonchev–Trinajstić information content (AvgIpc) is 1.51. The van der Waals surface area contributed by atoms with Crippen LogP contribution in [0.3, 0.4) is 0 Å². The summed E-state index contributed by atoms with van der Waals surface area (Å²) in [5.74, 6) is 2.52. The van der Waals surface area contributed by atoms with Gasteiger partial charge in [0, 0.05) is 43.8 Å². The number of hydrogen-bond acceptors (Lipinski definition) is 6. The summed E-state index contributed by atoms with van der Waals surface area (Å²) in [7, 11) is -14.1. The van der Waals surface area contributed by atoms with Gasteiger partial charge in [-0.3, -0.25) is 0 Å². The summed E-state index contributed by atoms with van der Waals surface area (Å²) in [5, 5.41) is 26.1. The van der Waals surface area contributed by atoms with E-state index in [0.29, 0.717) is 45.9 Å². The SMILES string of the molecule is C[Si](C)(C)c1cc2cc3c(cc2cc1[Si](C)(C)C)-c1nc-3nc2[nH]c(nc3nc(nc4[nH]c(n1)c1cc5cc([Si](C)(C)C)c([Si](C)(C)C)cc5cc41)-c1cc4cc([Si](C)(C)C)c([Si](C)(C)C)cc4cc1-3)c1cc3cc([Si](C)(C)C)c([Si](C)(C)C)cc3cc21. The van der Waals surface area contributed by atoms with Crippen molar-refractivity contribution in [3.63, 3.8) is 0 Å². The van der Waals surface area contributed by atoms with Crippen LogP contribution in [0.25, 0.3) is 133 Å². The monoisotopic (exact) mass is 1290 g/mol. The lowest BCUT2D eigenvalue weighted by atomic mass is 10.0. The Hall–Kier alpha value is -6.10. The van der Waals surface area contributed by atoms with Gasteiger partial charge in [-0.25, -0.2) is 29.9 Å². The number of nitrogens with zero attached hydrogens (tertiary/aromatic N) is 6. The summed E-state index contributed by atoms with van der Waals surface area (Å²) >= 11 is 0. The van der Waals surface area contributed by atoms with Gasteiger partial charge in [0.1, 0.15) is 22.6 Å². The molecule has 3 aromatic heterocycles. The molecule has 16 heteroatoms. The van der Waals surface area contributed by atoms with Crippen molar-refractivity contribution >= 4 is 193 Å². The van der Waals surface area contributed by atoms with Crippen molar-refractivity contribution in [2.24, 2.45) is 0 Å². The molecule has 88 heavy (non-hydrogen) atoms. The van der Waals surface area contributed by atoms with Crippen molar-refractivity contribution in [2.45, 2.75) is 157 Å². The van der Waals surface area contributed by atoms with E-state index in [-0.39, 0.29) is 0 Å². The number of nitrogens with one attached hydrogen (secondary N) is 2. The van der Waals surface area contributed by atoms with Crippen LogP contribution in [-0.2, 0) is 0 Å². The Labute approximate surface area is 529 Å². The third kappa shape index (κ3) is 10.5. The van der Waals surface area contributed by atoms with Crippen molar-refractivity contribution < 1.29 is 0 Å². The van der Waals surface area contributed by atoms with Gasteiger partial charge in [-0.15, -0.1) is 0 Å². The number of H-pyrrole nitrogens is 2. The zero-order valence-corrected chi connectivity index (χ0v) is 64.9. The molecule has 0 fully saturated rings. The van der Waals surface area contributed by atoms with E-state index in [1.807, 2.05) is 0 Å². The zero-order chi connectivity index (χ0) is 63.4. The number of rotatable bonds is 8. The Morgan fingerprint density at radius 1 is 0.193 bits per heavy atom. The van der Waals surface area contributed by atoms with Gasteiger partial charge >= 0.3 is 0 Å². The lowest BCUT2D eigenvalue weighted by Crippen LogP contribution is -2.56. The first kappa shape index (κ1) is 60.8. The predicted molar refractivity (Wildman–Crippen MR) is 410 cm³/mol. The van der Waals surface area contributed by atoms with Crippen molar-refractivity contribution in [3.05, 3.63) is 97.1 Å². The minimum absolute atomic E-state index is 0.629. The molecule has 8 nitrogen and oxygen atoms in total. The lowest BCUT2D eigenvalue weighted by molar-refractivity contribution is 1.19. The maximum Gasteiger partial charge on any atom is 0.164 e. The van der Waals surface area contributed by atoms with Crippen LogP contribution in [0.15, 0.2) is 97.1 Å². The number of aromatic nitrogens is 8. The fraction of sp³-hybridized carbons (Fsp3) is 0.333. The summed E-state index contributed by atoms with van der Waals surface area (Å²) in [6.45, 7) is 59.7. The molecule has 8 bridgehead atoms. The Kier molecular flexibility index (Phi) is 13.6. The fourth-order valence-electron chi connectivity index (χ4n) is 13.9. The molecule has 2 aliphatic heterocycles. The van der Waals surface area contributed by atoms with Gasteiger partial charge in [-0.1, -0.05) is 247 Å². The molecule has 11 aromatic rings. The van der Waals surface area contributed by atoms with Crippen molar-refractivity contribution in [1.82, 2.24) is 39.9 Å². The molecule has 0 saturated heterocycles. The van der Waals surface area contributed by atoms with Crippen LogP contribution in [-0.4, -0.2) is 104 Å². The number of benzene rings is 8. The molecule has 13 rings (SSSR count). The molecule has 0 unspecified atom stereocenters. The third-order valence-corrected chi connectivity index (χ3v) is 35.9. The highest BCUT2D eigenvalue weighted by Gasteiger charge is 2.34. The van der Waals surface area contributed by atoms with E-state index in [2.05, 4.69) is 264 Å². The molecular weight excluding hydrogens is 1200 g/mol. The van der Waals surface area contributed by atoms with Crippen LogP contribution in [0.5, 0.6) is 0 Å². The predicted octanol–water partition coefficient (Wildman–Crippen LogP) is 15.8. The third-order valence-electron chi connectivity index (χ3n) is 18.7. The zero-order valence-electron chi connectivity index (χ0n) is 56.9. The molecule has 0 spiro atoms. The minimum Gasteiger partial charge on any atom is -0.324 e. The molecule has 0 saturated carbocycles. The van der Waals surface area contributed by atoms with Crippen LogP contribution in [0.2, 0.25) is 157 Å². The van der Waals surface area contributed by atoms with Gasteiger partial charge < -0.3 is 9.97 Å². The molecule has 0 radical (unpaired) electrons. The topological polar surface area (TPSA) is 109 Å². The summed E-state index contributed by atoms with van der Waals surface area (Å²) < 4.78 is 0. The van der Waals surface area contributed by atoms with E-state index in [9.17, 15) is 0 Å². The van der Waals surface area contributed by atoms with E-state index in [1.165, 1.54) is 43.1 Å². The summed E-state index contributed by atoms with van der Waals surface area (Å²) in [6.07, 6.45) is 0. The van der Waals surface area contributed by atoms with Gasteiger partial charge in [0.05, 0.1) is 64.6 Å². The largest absolute Gasteiger partial charge is 0.324 e. The van der Waals surface area contributed by atoms with E-state index < -0.39 is 64.6 Å². The van der Waals surface area contributed by atoms with Gasteiger partial charge in [0.2, 0.25) is 0 Å². The standard InChI is InChI=1S/C72H90N8Si8/c1-81(2,3)57-33-41-25-49-50(26-42(41)34-58(57)82(4,5)6)66-73-65(49)77-67-51-27-43-35-59(83(7,8)9)60(84(10,11)12)36-44(43)28-52(51)69(74-67)79-71-55-31-47-39-63(87(19,20)21)64(88(22,23)24)40-48(47)32-56(55)72(76-71)80-70-54-30-46-38-62(86(16,17)18)61(85(13,14)15)37-45(46)29-53(54)68(75-70)78-66/h25-40H,1-24H3,(H2,73,74,75,76,77,78,79,80). The molecule has 450 valence electrons. The van der Waals surface area contributed by atoms with Crippen LogP contribution in [0.1, 0.15) is 0 Å². The fourth-order valence-corrected chi connectivity index (χ4v) is 34.7. The Morgan fingerprint density at radius 3 is 0.489 bits per heavy atom. The van der Waals surface area contributed by atoms with Crippen molar-refractivity contribution in [1.29, 1.82) is 0 Å². The second-order valence-electron chi connectivity index (χ2n) is 34.2. The van der Waals surface area contributed by atoms with Crippen molar-refractivity contribution in [2.75, 3.05) is 0 Å². The normalized spacial score (nSPS) is 13.9. The van der Waals surface area contributed by atoms with Gasteiger partial charge in [-0.05, 0) is 91.6 Å². The highest BCUT2D eigenvalue weighted by Crippen LogP contribution is 2.41. The second-order valence-corrected chi connectivity index (χ2v) is 74.5. The first-order valence-electron chi connectivity index (χ1n) is 31.9. The molecule has 0 aliphatic carbocycles. The van der Waals surface area contributed by atoms with E-state index in [4.69, 9.17) is 29.9 Å². The average molecular weight is 1290 g/mol. The molecule has 2 N–H and O–H groups in total. The number of hydrogen-bond donors (Lipinski definition) is 2. The second kappa shape index (κ2) is 19.7. The Morgan fingerprint density at radius 2 is 0.341 bits per heavy atom. The lowest BCUT2D eigenvalue weighted by Gasteiger charge is -2.28. The molecular formula is C72H90N8Si8. The van der Waals surface area contributed by atoms with E-state index in [1.54, 1.807) is 41.5 Å². The van der Waals surface area contributed by atoms with Crippen molar-refractivity contribution in [3.8, 4) is 45.6 Å². The Balaban J connectivity index is 1.22. The van der Waals surface area contributed by atoms with Gasteiger partial charge in [0.25, 0.3) is 0 Å². The maximum absolute atomic E-state index is 5.73. The Bertz CT molecular complexity index is 4440. The maximum atomic E-state index is 5.73. The molecule has 8 aromatic carbocycles. The first-order chi connectivity index (χ1) is 40.6. The summed E-state index contributed by atoms with van der Waals surface area (Å²) in [5.41, 5.74) is 6.76. The van der Waals surface area contributed by atoms with E-state index in [0.717, 1.165) is 43.8 Å². The van der Waals surface area contributed by atoms with Crippen LogP contribution in [0.4, 0.5) is 0 Å². The summed E-state index contributed by atoms with van der Waals surface area (Å²) in [4.78, 5) is 41.9. The minimum atomic E-state index is -1.76. The molecule has 0 amide bonds. The molecule has 5 heterocycles. The van der Waals surface area contributed by atoms with Crippen LogP contribution >= 0.6 is 0 Å². The van der Waals surface area contributed by atoms with Crippen LogP contribution in [0, 0.1) is 0 Å². The van der Waals surface area contributed by atoms with Gasteiger partial charge in [-0.2, -0.15) is 0 Å². The van der Waals surface area contributed by atoms with E-state index >= 15 is 0 Å². The highest BCUT2D eigenvalue weighted by atomic mass is 28.3. The smallest absolute Gasteiger partial charge is 0.164 e. The molecule has 2 aliphatic rings. The summed E-state index contributed by atoms with van der Waals surface area (Å²) in [6, 6.07) is 39.0. The van der Waals surface area contributed by atoms with Crippen LogP contribution < -0.4 is 41.5 Å². The van der Waals surface area contributed by atoms with Gasteiger partial charge in [0.15, 0.2) is 23.3 Å². The first-order valence-corrected chi connectivity index (χ1v) is 59.9.